The number of anilines is 1. The average molecular weight is 372 g/mol. The van der Waals surface area contributed by atoms with Crippen LogP contribution in [0.5, 0.6) is 0 Å². The topological polar surface area (TPSA) is 90.1 Å². The molecule has 7 heteroatoms. The number of aryl methyl sites for hydroxylation is 3. The van der Waals surface area contributed by atoms with Gasteiger partial charge >= 0.3 is 5.97 Å². The Morgan fingerprint density at radius 1 is 1.22 bits per heavy atom. The van der Waals surface area contributed by atoms with Crippen molar-refractivity contribution >= 4 is 11.8 Å². The number of nitrogens with zero attached hydrogens (tertiary/aromatic N) is 3. The molecule has 0 aromatic carbocycles. The van der Waals surface area contributed by atoms with Crippen molar-refractivity contribution in [2.75, 3.05) is 18.5 Å². The minimum absolute atomic E-state index is 0.0253. The van der Waals surface area contributed by atoms with Crippen molar-refractivity contribution < 1.29 is 14.1 Å². The van der Waals surface area contributed by atoms with Gasteiger partial charge in [0.05, 0.1) is 29.5 Å². The normalized spacial score (nSPS) is 19.3. The van der Waals surface area contributed by atoms with Gasteiger partial charge in [0.2, 0.25) is 0 Å². The third-order valence-electron chi connectivity index (χ3n) is 5.31. The summed E-state index contributed by atoms with van der Waals surface area (Å²) in [6, 6.07) is 0. The molecule has 2 aromatic rings. The third-order valence-corrected chi connectivity index (χ3v) is 5.31. The summed E-state index contributed by atoms with van der Waals surface area (Å²) in [4.78, 5) is 21.4. The highest BCUT2D eigenvalue weighted by Gasteiger charge is 2.34. The second-order valence-corrected chi connectivity index (χ2v) is 7.22. The summed E-state index contributed by atoms with van der Waals surface area (Å²) >= 11 is 0. The van der Waals surface area contributed by atoms with E-state index in [1.165, 1.54) is 0 Å². The van der Waals surface area contributed by atoms with Crippen molar-refractivity contribution in [3.8, 4) is 11.3 Å². The third kappa shape index (κ3) is 3.96. The zero-order valence-corrected chi connectivity index (χ0v) is 16.8. The van der Waals surface area contributed by atoms with Gasteiger partial charge in [-0.15, -0.1) is 0 Å². The SMILES string of the molecule is CCOC(=O)C1CCC[C@@H]1CNc1nc(C)nc(-c2c(C)noc2C)c1C. The van der Waals surface area contributed by atoms with Crippen LogP contribution in [0.4, 0.5) is 5.82 Å². The summed E-state index contributed by atoms with van der Waals surface area (Å²) in [6.45, 7) is 10.7. The number of hydrogen-bond donors (Lipinski definition) is 1. The molecule has 0 bridgehead atoms. The van der Waals surface area contributed by atoms with Crippen LogP contribution in [0, 0.1) is 39.5 Å². The van der Waals surface area contributed by atoms with Crippen LogP contribution in [0.15, 0.2) is 4.52 Å². The first kappa shape index (κ1) is 19.3. The van der Waals surface area contributed by atoms with Crippen molar-refractivity contribution in [3.05, 3.63) is 22.8 Å². The lowest BCUT2D eigenvalue weighted by Gasteiger charge is -2.20. The minimum atomic E-state index is -0.0752. The number of rotatable bonds is 6. The molecule has 2 heterocycles. The second-order valence-electron chi connectivity index (χ2n) is 7.22. The molecule has 0 spiro atoms. The smallest absolute Gasteiger partial charge is 0.309 e. The average Bonchev–Trinajstić information content (AvgIpc) is 3.22. The van der Waals surface area contributed by atoms with E-state index in [2.05, 4.69) is 20.4 Å². The largest absolute Gasteiger partial charge is 0.466 e. The molecule has 146 valence electrons. The number of aromatic nitrogens is 3. The van der Waals surface area contributed by atoms with E-state index in [1.807, 2.05) is 34.6 Å². The van der Waals surface area contributed by atoms with E-state index in [0.29, 0.717) is 19.0 Å². The van der Waals surface area contributed by atoms with Crippen molar-refractivity contribution in [1.29, 1.82) is 0 Å². The highest BCUT2D eigenvalue weighted by Crippen LogP contribution is 2.34. The fourth-order valence-electron chi connectivity index (χ4n) is 3.93. The van der Waals surface area contributed by atoms with Crippen LogP contribution in [0.25, 0.3) is 11.3 Å². The van der Waals surface area contributed by atoms with Gasteiger partial charge in [0.1, 0.15) is 17.4 Å². The first-order chi connectivity index (χ1) is 12.9. The minimum Gasteiger partial charge on any atom is -0.466 e. The molecule has 2 aromatic heterocycles. The molecule has 0 aliphatic heterocycles. The Morgan fingerprint density at radius 2 is 2.00 bits per heavy atom. The van der Waals surface area contributed by atoms with E-state index >= 15 is 0 Å². The van der Waals surface area contributed by atoms with Gasteiger partial charge in [0.15, 0.2) is 0 Å². The Balaban J connectivity index is 1.81. The molecule has 27 heavy (non-hydrogen) atoms. The van der Waals surface area contributed by atoms with Crippen LogP contribution < -0.4 is 5.32 Å². The van der Waals surface area contributed by atoms with Gasteiger partial charge in [-0.25, -0.2) is 9.97 Å². The molecule has 0 amide bonds. The molecule has 0 radical (unpaired) electrons. The number of carbonyl (C=O) groups is 1. The van der Waals surface area contributed by atoms with Crippen LogP contribution >= 0.6 is 0 Å². The van der Waals surface area contributed by atoms with Crippen LogP contribution in [0.3, 0.4) is 0 Å². The lowest BCUT2D eigenvalue weighted by molar-refractivity contribution is -0.149. The van der Waals surface area contributed by atoms with Gasteiger partial charge in [-0.3, -0.25) is 4.79 Å². The summed E-state index contributed by atoms with van der Waals surface area (Å²) in [7, 11) is 0. The molecule has 1 N–H and O–H groups in total. The zero-order chi connectivity index (χ0) is 19.6. The number of hydrogen-bond acceptors (Lipinski definition) is 7. The van der Waals surface area contributed by atoms with Gasteiger partial charge in [-0.05, 0) is 53.4 Å². The summed E-state index contributed by atoms with van der Waals surface area (Å²) in [6.07, 6.45) is 2.98. The highest BCUT2D eigenvalue weighted by atomic mass is 16.5. The number of esters is 1. The van der Waals surface area contributed by atoms with E-state index in [-0.39, 0.29) is 17.8 Å². The van der Waals surface area contributed by atoms with E-state index in [9.17, 15) is 4.79 Å². The van der Waals surface area contributed by atoms with Crippen LogP contribution in [0.2, 0.25) is 0 Å². The van der Waals surface area contributed by atoms with Crippen molar-refractivity contribution in [3.63, 3.8) is 0 Å². The van der Waals surface area contributed by atoms with E-state index < -0.39 is 0 Å². The predicted octanol–water partition coefficient (Wildman–Crippen LogP) is 3.76. The first-order valence-electron chi connectivity index (χ1n) is 9.61. The van der Waals surface area contributed by atoms with E-state index in [0.717, 1.165) is 53.4 Å². The second kappa shape index (κ2) is 8.06. The molecule has 3 rings (SSSR count). The number of nitrogens with one attached hydrogen (secondary N) is 1. The molecule has 0 saturated heterocycles. The Labute approximate surface area is 159 Å². The fraction of sp³-hybridized carbons (Fsp3) is 0.600. The molecule has 1 unspecified atom stereocenters. The summed E-state index contributed by atoms with van der Waals surface area (Å²) in [5, 5.41) is 7.50. The van der Waals surface area contributed by atoms with Gasteiger partial charge in [-0.1, -0.05) is 11.6 Å². The van der Waals surface area contributed by atoms with Gasteiger partial charge in [0, 0.05) is 12.1 Å². The quantitative estimate of drug-likeness (QED) is 0.772. The van der Waals surface area contributed by atoms with E-state index in [4.69, 9.17) is 9.26 Å². The fourth-order valence-corrected chi connectivity index (χ4v) is 3.93. The number of carbonyl (C=O) groups excluding carboxylic acids is 1. The Bertz CT molecular complexity index is 811. The van der Waals surface area contributed by atoms with Gasteiger partial charge in [0.25, 0.3) is 0 Å². The predicted molar refractivity (Wildman–Crippen MR) is 102 cm³/mol. The summed E-state index contributed by atoms with van der Waals surface area (Å²) in [5.74, 6) is 2.40. The maximum atomic E-state index is 12.2. The van der Waals surface area contributed by atoms with Gasteiger partial charge < -0.3 is 14.6 Å². The van der Waals surface area contributed by atoms with Crippen LogP contribution in [-0.4, -0.2) is 34.2 Å². The monoisotopic (exact) mass is 372 g/mol. The van der Waals surface area contributed by atoms with Crippen LogP contribution in [0.1, 0.15) is 49.0 Å². The molecule has 7 nitrogen and oxygen atoms in total. The molecule has 2 atom stereocenters. The summed E-state index contributed by atoms with van der Waals surface area (Å²) < 4.78 is 10.5. The maximum absolute atomic E-state index is 12.2. The molecule has 1 aliphatic carbocycles. The Morgan fingerprint density at radius 3 is 2.67 bits per heavy atom. The zero-order valence-electron chi connectivity index (χ0n) is 16.8. The lowest BCUT2D eigenvalue weighted by atomic mass is 9.96. The highest BCUT2D eigenvalue weighted by molar-refractivity contribution is 5.73. The standard InChI is InChI=1S/C20H28N4O3/c1-6-26-20(25)16-9-7-8-15(16)10-21-19-11(2)18(22-14(5)23-19)17-12(3)24-27-13(17)4/h15-16H,6-10H2,1-5H3,(H,21,22,23)/t15-,16?/m1/s1. The molecule has 1 fully saturated rings. The van der Waals surface area contributed by atoms with E-state index in [1.54, 1.807) is 0 Å². The van der Waals surface area contributed by atoms with Crippen LogP contribution in [-0.2, 0) is 9.53 Å². The van der Waals surface area contributed by atoms with Gasteiger partial charge in [-0.2, -0.15) is 0 Å². The molecule has 1 aliphatic rings. The Kier molecular flexibility index (Phi) is 5.77. The molecular weight excluding hydrogens is 344 g/mol. The van der Waals surface area contributed by atoms with Crippen molar-refractivity contribution in [2.24, 2.45) is 11.8 Å². The maximum Gasteiger partial charge on any atom is 0.309 e. The number of ether oxygens (including phenoxy) is 1. The summed E-state index contributed by atoms with van der Waals surface area (Å²) in [5.41, 5.74) is 3.54. The Hall–Kier alpha value is -2.44. The van der Waals surface area contributed by atoms with Crippen molar-refractivity contribution in [1.82, 2.24) is 15.1 Å². The molecular formula is C20H28N4O3. The van der Waals surface area contributed by atoms with Crippen molar-refractivity contribution in [2.45, 2.75) is 53.9 Å². The first-order valence-corrected chi connectivity index (χ1v) is 9.61. The molecule has 1 saturated carbocycles. The lowest BCUT2D eigenvalue weighted by Crippen LogP contribution is -2.27.